The van der Waals surface area contributed by atoms with Gasteiger partial charge in [0, 0.05) is 24.2 Å². The van der Waals surface area contributed by atoms with E-state index in [1.54, 1.807) is 0 Å². The summed E-state index contributed by atoms with van der Waals surface area (Å²) in [5.74, 6) is -1.21. The fourth-order valence-corrected chi connectivity index (χ4v) is 6.44. The zero-order chi connectivity index (χ0) is 23.9. The highest BCUT2D eigenvalue weighted by molar-refractivity contribution is 7.92. The highest BCUT2D eigenvalue weighted by Gasteiger charge is 2.27. The van der Waals surface area contributed by atoms with E-state index in [1.165, 1.54) is 0 Å². The molecule has 3 aromatic rings. The molecule has 0 spiro atoms. The molecule has 0 saturated carbocycles. The Hall–Kier alpha value is -3.06. The lowest BCUT2D eigenvalue weighted by molar-refractivity contribution is -0.141. The number of anilines is 2. The molecule has 174 valence electrons. The van der Waals surface area contributed by atoms with Crippen molar-refractivity contribution in [2.75, 3.05) is 22.7 Å². The molecular weight excluding hydrogens is 436 g/mol. The molecule has 0 aromatic heterocycles. The maximum Gasteiger partial charge on any atom is 0.308 e. The second kappa shape index (κ2) is 8.71. The number of rotatable bonds is 5. The van der Waals surface area contributed by atoms with Gasteiger partial charge in [-0.05, 0) is 80.3 Å². The Morgan fingerprint density at radius 1 is 1.03 bits per heavy atom. The molecule has 6 nitrogen and oxygen atoms in total. The predicted molar refractivity (Wildman–Crippen MR) is 133 cm³/mol. The summed E-state index contributed by atoms with van der Waals surface area (Å²) < 4.78 is 30.1. The van der Waals surface area contributed by atoms with Crippen LogP contribution in [0.15, 0.2) is 47.4 Å². The number of hydrogen-bond acceptors (Lipinski definition) is 4. The van der Waals surface area contributed by atoms with Crippen molar-refractivity contribution in [3.63, 3.8) is 0 Å². The van der Waals surface area contributed by atoms with Crippen molar-refractivity contribution in [3.05, 3.63) is 64.7 Å². The Morgan fingerprint density at radius 3 is 2.36 bits per heavy atom. The van der Waals surface area contributed by atoms with E-state index >= 15 is 0 Å². The van der Waals surface area contributed by atoms with Crippen molar-refractivity contribution in [3.8, 4) is 0 Å². The SMILES string of the molecule is Cc1cc(C)c(C)c(S(=O)(=O)Nc2cc(N3CCCC(C(=O)O)C3)cc3ccccc23)c1C. The summed E-state index contributed by atoms with van der Waals surface area (Å²) in [5.41, 5.74) is 4.68. The van der Waals surface area contributed by atoms with Gasteiger partial charge in [0.1, 0.15) is 0 Å². The van der Waals surface area contributed by atoms with Gasteiger partial charge in [0.15, 0.2) is 0 Å². The summed E-state index contributed by atoms with van der Waals surface area (Å²) in [6, 6.07) is 13.5. The van der Waals surface area contributed by atoms with Crippen LogP contribution >= 0.6 is 0 Å². The lowest BCUT2D eigenvalue weighted by Gasteiger charge is -2.33. The first-order chi connectivity index (χ1) is 15.6. The van der Waals surface area contributed by atoms with Crippen LogP contribution in [0.4, 0.5) is 11.4 Å². The summed E-state index contributed by atoms with van der Waals surface area (Å²) in [6.07, 6.45) is 1.44. The first kappa shape index (κ1) is 23.1. The number of fused-ring (bicyclic) bond motifs is 1. The number of aliphatic carboxylic acids is 1. The minimum Gasteiger partial charge on any atom is -0.481 e. The summed E-state index contributed by atoms with van der Waals surface area (Å²) in [4.78, 5) is 13.9. The average molecular weight is 467 g/mol. The van der Waals surface area contributed by atoms with Gasteiger partial charge >= 0.3 is 5.97 Å². The van der Waals surface area contributed by atoms with Gasteiger partial charge in [0.2, 0.25) is 0 Å². The smallest absolute Gasteiger partial charge is 0.308 e. The van der Waals surface area contributed by atoms with Crippen molar-refractivity contribution in [1.82, 2.24) is 0 Å². The number of nitrogens with one attached hydrogen (secondary N) is 1. The molecule has 3 aromatic carbocycles. The molecule has 1 unspecified atom stereocenters. The van der Waals surface area contributed by atoms with Crippen molar-refractivity contribution in [2.45, 2.75) is 45.4 Å². The van der Waals surface area contributed by atoms with Crippen molar-refractivity contribution in [1.29, 1.82) is 0 Å². The first-order valence-electron chi connectivity index (χ1n) is 11.2. The molecular formula is C26H30N2O4S. The Labute approximate surface area is 195 Å². The van der Waals surface area contributed by atoms with Crippen molar-refractivity contribution >= 4 is 38.1 Å². The molecule has 0 amide bonds. The lowest BCUT2D eigenvalue weighted by Crippen LogP contribution is -2.38. The van der Waals surface area contributed by atoms with Crippen molar-refractivity contribution < 1.29 is 18.3 Å². The van der Waals surface area contributed by atoms with Crippen LogP contribution in [0.2, 0.25) is 0 Å². The van der Waals surface area contributed by atoms with E-state index in [-0.39, 0.29) is 0 Å². The third-order valence-corrected chi connectivity index (χ3v) is 8.43. The van der Waals surface area contributed by atoms with Gasteiger partial charge in [-0.15, -0.1) is 0 Å². The van der Waals surface area contributed by atoms with Gasteiger partial charge in [0.25, 0.3) is 10.0 Å². The molecule has 0 bridgehead atoms. The highest BCUT2D eigenvalue weighted by atomic mass is 32.2. The molecule has 1 atom stereocenters. The van der Waals surface area contributed by atoms with E-state index in [0.717, 1.165) is 51.7 Å². The zero-order valence-electron chi connectivity index (χ0n) is 19.5. The van der Waals surface area contributed by atoms with Crippen LogP contribution in [0.25, 0.3) is 10.8 Å². The van der Waals surface area contributed by atoms with Gasteiger partial charge in [-0.2, -0.15) is 0 Å². The van der Waals surface area contributed by atoms with Crippen LogP contribution in [-0.2, 0) is 14.8 Å². The Kier molecular flexibility index (Phi) is 6.10. The van der Waals surface area contributed by atoms with Crippen LogP contribution in [0.1, 0.15) is 35.1 Å². The van der Waals surface area contributed by atoms with Gasteiger partial charge in [-0.3, -0.25) is 9.52 Å². The molecule has 1 saturated heterocycles. The summed E-state index contributed by atoms with van der Waals surface area (Å²) in [7, 11) is -3.85. The third kappa shape index (κ3) is 4.42. The van der Waals surface area contributed by atoms with Gasteiger partial charge in [-0.25, -0.2) is 8.42 Å². The largest absolute Gasteiger partial charge is 0.481 e. The lowest BCUT2D eigenvalue weighted by atomic mass is 9.97. The number of aryl methyl sites for hydroxylation is 2. The van der Waals surface area contributed by atoms with Crippen LogP contribution in [-0.4, -0.2) is 32.6 Å². The highest BCUT2D eigenvalue weighted by Crippen LogP contribution is 2.35. The number of benzene rings is 3. The number of carboxylic acids is 1. The van der Waals surface area contributed by atoms with Gasteiger partial charge < -0.3 is 10.0 Å². The normalized spacial score (nSPS) is 16.7. The van der Waals surface area contributed by atoms with Gasteiger partial charge in [-0.1, -0.05) is 30.3 Å². The predicted octanol–water partition coefficient (Wildman–Crippen LogP) is 5.18. The van der Waals surface area contributed by atoms with E-state index < -0.39 is 21.9 Å². The third-order valence-electron chi connectivity index (χ3n) is 6.79. The molecule has 33 heavy (non-hydrogen) atoms. The zero-order valence-corrected chi connectivity index (χ0v) is 20.3. The van der Waals surface area contributed by atoms with E-state index in [2.05, 4.69) is 4.72 Å². The second-order valence-corrected chi connectivity index (χ2v) is 10.7. The number of hydrogen-bond donors (Lipinski definition) is 2. The quantitative estimate of drug-likeness (QED) is 0.541. The number of carbonyl (C=O) groups is 1. The second-order valence-electron chi connectivity index (χ2n) is 9.03. The minimum absolute atomic E-state index is 0.318. The number of sulfonamides is 1. The Bertz CT molecular complexity index is 1320. The summed E-state index contributed by atoms with van der Waals surface area (Å²) >= 11 is 0. The molecule has 0 radical (unpaired) electrons. The fraction of sp³-hybridized carbons (Fsp3) is 0.346. The van der Waals surface area contributed by atoms with E-state index in [9.17, 15) is 18.3 Å². The van der Waals surface area contributed by atoms with Crippen LogP contribution in [0, 0.1) is 33.6 Å². The molecule has 1 aliphatic heterocycles. The minimum atomic E-state index is -3.85. The summed E-state index contributed by atoms with van der Waals surface area (Å²) in [5, 5.41) is 11.2. The van der Waals surface area contributed by atoms with Crippen LogP contribution < -0.4 is 9.62 Å². The van der Waals surface area contributed by atoms with Gasteiger partial charge in [0.05, 0.1) is 16.5 Å². The molecule has 7 heteroatoms. The maximum atomic E-state index is 13.6. The molecule has 2 N–H and O–H groups in total. The van der Waals surface area contributed by atoms with Crippen molar-refractivity contribution in [2.24, 2.45) is 5.92 Å². The maximum absolute atomic E-state index is 13.6. The fourth-order valence-electron chi connectivity index (χ4n) is 4.75. The molecule has 1 aliphatic rings. The standard InChI is InChI=1S/C26H30N2O4S/c1-16-12-17(2)19(4)25(18(16)3)33(31,32)27-24-14-22(13-20-8-5-6-10-23(20)24)28-11-7-9-21(15-28)26(29)30/h5-6,8,10,12-14,21,27H,7,9,11,15H2,1-4H3,(H,29,30). The number of carboxylic acid groups (broad SMARTS) is 1. The molecule has 1 fully saturated rings. The van der Waals surface area contributed by atoms with E-state index in [4.69, 9.17) is 0 Å². The number of nitrogens with zero attached hydrogens (tertiary/aromatic N) is 1. The number of piperidine rings is 1. The van der Waals surface area contributed by atoms with E-state index in [0.29, 0.717) is 23.5 Å². The topological polar surface area (TPSA) is 86.7 Å². The molecule has 1 heterocycles. The molecule has 4 rings (SSSR count). The van der Waals surface area contributed by atoms with E-state index in [1.807, 2.05) is 75.1 Å². The summed E-state index contributed by atoms with van der Waals surface area (Å²) in [6.45, 7) is 8.67. The Morgan fingerprint density at radius 2 is 1.70 bits per heavy atom. The van der Waals surface area contributed by atoms with Crippen LogP contribution in [0.5, 0.6) is 0 Å². The Balaban J connectivity index is 1.81. The van der Waals surface area contributed by atoms with Crippen LogP contribution in [0.3, 0.4) is 0 Å². The monoisotopic (exact) mass is 466 g/mol. The first-order valence-corrected chi connectivity index (χ1v) is 12.7. The average Bonchev–Trinajstić information content (AvgIpc) is 2.77. The molecule has 0 aliphatic carbocycles.